The number of ether oxygens (including phenoxy) is 2. The first-order valence-corrected chi connectivity index (χ1v) is 7.16. The average molecular weight is 337 g/mol. The minimum absolute atomic E-state index is 0.615. The molecule has 20 heavy (non-hydrogen) atoms. The van der Waals surface area contributed by atoms with Crippen molar-refractivity contribution < 1.29 is 9.47 Å². The van der Waals surface area contributed by atoms with E-state index in [2.05, 4.69) is 26.2 Å². The molecule has 0 amide bonds. The molecule has 2 rings (SSSR count). The topological polar surface area (TPSA) is 43.4 Å². The summed E-state index contributed by atoms with van der Waals surface area (Å²) in [5, 5.41) is 3.29. The molecule has 0 bridgehead atoms. The highest BCUT2D eigenvalue weighted by Crippen LogP contribution is 2.29. The van der Waals surface area contributed by atoms with Crippen LogP contribution >= 0.6 is 15.9 Å². The number of para-hydroxylation sites is 1. The van der Waals surface area contributed by atoms with Crippen LogP contribution in [-0.4, -0.2) is 25.2 Å². The third-order valence-electron chi connectivity index (χ3n) is 2.69. The van der Waals surface area contributed by atoms with E-state index in [0.717, 1.165) is 22.3 Å². The number of pyridine rings is 1. The fourth-order valence-electron chi connectivity index (χ4n) is 1.68. The standard InChI is InChI=1S/C15H17BrN2O2/c1-19-10-9-17-11-12-5-4-8-18-15(12)20-14-7-3-2-6-13(14)16/h2-8,17H,9-11H2,1H3. The molecule has 106 valence electrons. The smallest absolute Gasteiger partial charge is 0.223 e. The van der Waals surface area contributed by atoms with Gasteiger partial charge in [-0.25, -0.2) is 4.98 Å². The lowest BCUT2D eigenvalue weighted by Crippen LogP contribution is -2.19. The fourth-order valence-corrected chi connectivity index (χ4v) is 2.05. The largest absolute Gasteiger partial charge is 0.438 e. The number of nitrogens with zero attached hydrogens (tertiary/aromatic N) is 1. The van der Waals surface area contributed by atoms with Crippen molar-refractivity contribution in [2.75, 3.05) is 20.3 Å². The molecule has 1 aromatic carbocycles. The van der Waals surface area contributed by atoms with Crippen LogP contribution in [0.5, 0.6) is 11.6 Å². The number of rotatable bonds is 7. The van der Waals surface area contributed by atoms with Gasteiger partial charge in [0, 0.05) is 32.0 Å². The monoisotopic (exact) mass is 336 g/mol. The maximum Gasteiger partial charge on any atom is 0.223 e. The zero-order valence-electron chi connectivity index (χ0n) is 11.3. The normalized spacial score (nSPS) is 10.5. The molecule has 0 aliphatic rings. The summed E-state index contributed by atoms with van der Waals surface area (Å²) in [5.41, 5.74) is 1.01. The first-order chi connectivity index (χ1) is 9.81. The predicted molar refractivity (Wildman–Crippen MR) is 82.0 cm³/mol. The minimum atomic E-state index is 0.615. The Morgan fingerprint density at radius 3 is 2.85 bits per heavy atom. The third kappa shape index (κ3) is 4.30. The van der Waals surface area contributed by atoms with E-state index in [0.29, 0.717) is 19.0 Å². The van der Waals surface area contributed by atoms with Gasteiger partial charge in [0.1, 0.15) is 5.75 Å². The van der Waals surface area contributed by atoms with Gasteiger partial charge in [-0.1, -0.05) is 18.2 Å². The third-order valence-corrected chi connectivity index (χ3v) is 3.35. The van der Waals surface area contributed by atoms with Crippen LogP contribution < -0.4 is 10.1 Å². The van der Waals surface area contributed by atoms with Crippen LogP contribution in [0.25, 0.3) is 0 Å². The van der Waals surface area contributed by atoms with Gasteiger partial charge >= 0.3 is 0 Å². The molecule has 0 saturated heterocycles. The second kappa shape index (κ2) is 7.99. The highest BCUT2D eigenvalue weighted by Gasteiger charge is 2.07. The molecule has 0 saturated carbocycles. The van der Waals surface area contributed by atoms with Crippen molar-refractivity contribution in [2.24, 2.45) is 0 Å². The van der Waals surface area contributed by atoms with Crippen LogP contribution in [0, 0.1) is 0 Å². The van der Waals surface area contributed by atoms with E-state index in [9.17, 15) is 0 Å². The molecular weight excluding hydrogens is 320 g/mol. The Labute approximate surface area is 127 Å². The molecule has 0 spiro atoms. The van der Waals surface area contributed by atoms with Gasteiger partial charge in [0.15, 0.2) is 0 Å². The summed E-state index contributed by atoms with van der Waals surface area (Å²) in [5.74, 6) is 1.37. The van der Waals surface area contributed by atoms with Gasteiger partial charge < -0.3 is 14.8 Å². The maximum absolute atomic E-state index is 5.87. The fraction of sp³-hybridized carbons (Fsp3) is 0.267. The molecule has 2 aromatic rings. The molecule has 0 unspecified atom stereocenters. The summed E-state index contributed by atoms with van der Waals surface area (Å²) < 4.78 is 11.8. The van der Waals surface area contributed by atoms with Gasteiger partial charge in [0.05, 0.1) is 11.1 Å². The average Bonchev–Trinajstić information content (AvgIpc) is 2.47. The lowest BCUT2D eigenvalue weighted by Gasteiger charge is -2.11. The van der Waals surface area contributed by atoms with Gasteiger partial charge in [0.25, 0.3) is 0 Å². The van der Waals surface area contributed by atoms with Crippen molar-refractivity contribution in [3.05, 3.63) is 52.6 Å². The van der Waals surface area contributed by atoms with E-state index in [1.165, 1.54) is 0 Å². The van der Waals surface area contributed by atoms with Crippen LogP contribution in [0.4, 0.5) is 0 Å². The Balaban J connectivity index is 2.06. The number of aromatic nitrogens is 1. The summed E-state index contributed by atoms with van der Waals surface area (Å²) in [6.45, 7) is 2.16. The van der Waals surface area contributed by atoms with Crippen molar-refractivity contribution >= 4 is 15.9 Å². The Hall–Kier alpha value is -1.43. The number of methoxy groups -OCH3 is 1. The maximum atomic E-state index is 5.87. The minimum Gasteiger partial charge on any atom is -0.438 e. The molecule has 0 aliphatic heterocycles. The quantitative estimate of drug-likeness (QED) is 0.787. The number of hydrogen-bond donors (Lipinski definition) is 1. The summed E-state index contributed by atoms with van der Waals surface area (Å²) >= 11 is 3.47. The van der Waals surface area contributed by atoms with Crippen LogP contribution in [-0.2, 0) is 11.3 Å². The molecule has 5 heteroatoms. The highest BCUT2D eigenvalue weighted by atomic mass is 79.9. The molecule has 4 nitrogen and oxygen atoms in total. The van der Waals surface area contributed by atoms with Gasteiger partial charge in [0.2, 0.25) is 5.88 Å². The molecule has 1 N–H and O–H groups in total. The Morgan fingerprint density at radius 2 is 2.05 bits per heavy atom. The van der Waals surface area contributed by atoms with Crippen molar-refractivity contribution in [3.63, 3.8) is 0 Å². The molecular formula is C15H17BrN2O2. The van der Waals surface area contributed by atoms with E-state index in [4.69, 9.17) is 9.47 Å². The lowest BCUT2D eigenvalue weighted by molar-refractivity contribution is 0.199. The van der Waals surface area contributed by atoms with Crippen molar-refractivity contribution in [1.82, 2.24) is 10.3 Å². The van der Waals surface area contributed by atoms with Gasteiger partial charge in [-0.05, 0) is 34.1 Å². The Morgan fingerprint density at radius 1 is 1.20 bits per heavy atom. The molecule has 1 heterocycles. The van der Waals surface area contributed by atoms with E-state index >= 15 is 0 Å². The first-order valence-electron chi connectivity index (χ1n) is 6.37. The SMILES string of the molecule is COCCNCc1cccnc1Oc1ccccc1Br. The van der Waals surface area contributed by atoms with Gasteiger partial charge in [-0.15, -0.1) is 0 Å². The van der Waals surface area contributed by atoms with E-state index in [1.54, 1.807) is 13.3 Å². The summed E-state index contributed by atoms with van der Waals surface area (Å²) in [6.07, 6.45) is 1.73. The van der Waals surface area contributed by atoms with Crippen molar-refractivity contribution in [2.45, 2.75) is 6.54 Å². The van der Waals surface area contributed by atoms with Crippen molar-refractivity contribution in [1.29, 1.82) is 0 Å². The van der Waals surface area contributed by atoms with Crippen LogP contribution in [0.2, 0.25) is 0 Å². The molecule has 0 radical (unpaired) electrons. The van der Waals surface area contributed by atoms with Crippen LogP contribution in [0.1, 0.15) is 5.56 Å². The molecule has 0 aliphatic carbocycles. The van der Waals surface area contributed by atoms with Gasteiger partial charge in [-0.3, -0.25) is 0 Å². The molecule has 1 aromatic heterocycles. The Kier molecular flexibility index (Phi) is 5.98. The highest BCUT2D eigenvalue weighted by molar-refractivity contribution is 9.10. The second-order valence-corrected chi connectivity index (χ2v) is 5.02. The van der Waals surface area contributed by atoms with Crippen LogP contribution in [0.15, 0.2) is 47.1 Å². The zero-order chi connectivity index (χ0) is 14.2. The number of nitrogens with one attached hydrogen (secondary N) is 1. The van der Waals surface area contributed by atoms with Crippen molar-refractivity contribution in [3.8, 4) is 11.6 Å². The first kappa shape index (κ1) is 15.0. The van der Waals surface area contributed by atoms with Crippen LogP contribution in [0.3, 0.4) is 0 Å². The summed E-state index contributed by atoms with van der Waals surface area (Å²) in [4.78, 5) is 4.30. The van der Waals surface area contributed by atoms with E-state index < -0.39 is 0 Å². The van der Waals surface area contributed by atoms with Gasteiger partial charge in [-0.2, -0.15) is 0 Å². The molecule has 0 fully saturated rings. The Bertz CT molecular complexity index is 549. The number of halogens is 1. The van der Waals surface area contributed by atoms with E-state index in [1.807, 2.05) is 36.4 Å². The molecule has 0 atom stereocenters. The number of benzene rings is 1. The predicted octanol–water partition coefficient (Wildman–Crippen LogP) is 3.37. The summed E-state index contributed by atoms with van der Waals surface area (Å²) in [6, 6.07) is 11.6. The number of hydrogen-bond acceptors (Lipinski definition) is 4. The van der Waals surface area contributed by atoms with E-state index in [-0.39, 0.29) is 0 Å². The second-order valence-electron chi connectivity index (χ2n) is 4.17. The lowest BCUT2D eigenvalue weighted by atomic mass is 10.2. The summed E-state index contributed by atoms with van der Waals surface area (Å²) in [7, 11) is 1.69. The zero-order valence-corrected chi connectivity index (χ0v) is 12.9.